The van der Waals surface area contributed by atoms with Gasteiger partial charge in [0.25, 0.3) is 0 Å². The summed E-state index contributed by atoms with van der Waals surface area (Å²) in [7, 11) is 0. The smallest absolute Gasteiger partial charge is 0.410 e. The minimum absolute atomic E-state index is 0.115. The number of carbonyl (C=O) groups is 1. The number of hydrogen-bond acceptors (Lipinski definition) is 3. The van der Waals surface area contributed by atoms with Crippen LogP contribution in [0.25, 0.3) is 0 Å². The molecule has 2 N–H and O–H groups in total. The molecule has 1 saturated heterocycles. The maximum absolute atomic E-state index is 13.6. The third-order valence-electron chi connectivity index (χ3n) is 3.85. The van der Waals surface area contributed by atoms with E-state index in [2.05, 4.69) is 0 Å². The molecule has 0 aromatic rings. The topological polar surface area (TPSA) is 55.6 Å². The molecule has 1 heterocycles. The van der Waals surface area contributed by atoms with Crippen molar-refractivity contribution in [3.05, 3.63) is 0 Å². The van der Waals surface area contributed by atoms with Crippen LogP contribution in [0.15, 0.2) is 0 Å². The van der Waals surface area contributed by atoms with Crippen LogP contribution in [0.5, 0.6) is 0 Å². The van der Waals surface area contributed by atoms with E-state index in [-0.39, 0.29) is 17.6 Å². The molecule has 0 radical (unpaired) electrons. The minimum atomic E-state index is -0.927. The van der Waals surface area contributed by atoms with Gasteiger partial charge in [0.1, 0.15) is 11.8 Å². The van der Waals surface area contributed by atoms with Gasteiger partial charge in [0.15, 0.2) is 0 Å². The van der Waals surface area contributed by atoms with E-state index in [1.165, 1.54) is 0 Å². The molecule has 3 unspecified atom stereocenters. The van der Waals surface area contributed by atoms with Crippen LogP contribution >= 0.6 is 0 Å². The van der Waals surface area contributed by atoms with Crippen molar-refractivity contribution in [3.63, 3.8) is 0 Å². The number of rotatable bonds is 0. The third kappa shape index (κ3) is 2.76. The lowest BCUT2D eigenvalue weighted by atomic mass is 9.85. The zero-order chi connectivity index (χ0) is 13.6. The van der Waals surface area contributed by atoms with Gasteiger partial charge in [-0.25, -0.2) is 9.18 Å². The van der Waals surface area contributed by atoms with Crippen molar-refractivity contribution in [1.82, 2.24) is 4.90 Å². The van der Waals surface area contributed by atoms with Crippen molar-refractivity contribution in [3.8, 4) is 0 Å². The van der Waals surface area contributed by atoms with E-state index in [1.54, 1.807) is 4.90 Å². The molecular formula is C13H23FN2O2. The fourth-order valence-corrected chi connectivity index (χ4v) is 3.03. The largest absolute Gasteiger partial charge is 0.444 e. The average molecular weight is 258 g/mol. The number of nitrogens with zero attached hydrogens (tertiary/aromatic N) is 1. The Labute approximate surface area is 108 Å². The van der Waals surface area contributed by atoms with E-state index in [4.69, 9.17) is 10.5 Å². The van der Waals surface area contributed by atoms with E-state index in [0.717, 1.165) is 6.42 Å². The Morgan fingerprint density at radius 3 is 2.61 bits per heavy atom. The van der Waals surface area contributed by atoms with Crippen LogP contribution in [0.3, 0.4) is 0 Å². The monoisotopic (exact) mass is 258 g/mol. The van der Waals surface area contributed by atoms with Gasteiger partial charge in [-0.1, -0.05) is 0 Å². The highest BCUT2D eigenvalue weighted by Gasteiger charge is 2.49. The van der Waals surface area contributed by atoms with Crippen LogP contribution < -0.4 is 5.73 Å². The summed E-state index contributed by atoms with van der Waals surface area (Å²) < 4.78 is 18.9. The number of halogens is 1. The van der Waals surface area contributed by atoms with Crippen LogP contribution in [-0.4, -0.2) is 41.9 Å². The van der Waals surface area contributed by atoms with Gasteiger partial charge >= 0.3 is 6.09 Å². The molecule has 0 aromatic heterocycles. The van der Waals surface area contributed by atoms with E-state index >= 15 is 0 Å². The quantitative estimate of drug-likeness (QED) is 0.723. The van der Waals surface area contributed by atoms with Gasteiger partial charge in [-0.3, -0.25) is 0 Å². The first-order valence-corrected chi connectivity index (χ1v) is 6.58. The first-order chi connectivity index (χ1) is 8.21. The Hall–Kier alpha value is -0.840. The first-order valence-electron chi connectivity index (χ1n) is 6.58. The molecule has 4 nitrogen and oxygen atoms in total. The molecule has 2 aliphatic rings. The highest BCUT2D eigenvalue weighted by molar-refractivity contribution is 5.68. The summed E-state index contributed by atoms with van der Waals surface area (Å²) >= 11 is 0. The van der Waals surface area contributed by atoms with Gasteiger partial charge in [-0.15, -0.1) is 0 Å². The number of amides is 1. The fraction of sp³-hybridized carbons (Fsp3) is 0.923. The number of hydrogen-bond donors (Lipinski definition) is 1. The highest BCUT2D eigenvalue weighted by Crippen LogP contribution is 2.46. The Morgan fingerprint density at radius 1 is 1.44 bits per heavy atom. The van der Waals surface area contributed by atoms with Crippen LogP contribution in [0.2, 0.25) is 0 Å². The second-order valence-corrected chi connectivity index (χ2v) is 6.74. The predicted molar refractivity (Wildman–Crippen MR) is 67.0 cm³/mol. The van der Waals surface area contributed by atoms with Crippen LogP contribution in [-0.2, 0) is 4.74 Å². The molecule has 5 heteroatoms. The second kappa shape index (κ2) is 4.37. The summed E-state index contributed by atoms with van der Waals surface area (Å²) in [4.78, 5) is 13.6. The van der Waals surface area contributed by atoms with Gasteiger partial charge in [0.05, 0.1) is 0 Å². The molecule has 0 bridgehead atoms. The van der Waals surface area contributed by atoms with Gasteiger partial charge in [0, 0.05) is 19.1 Å². The van der Waals surface area contributed by atoms with E-state index in [1.807, 2.05) is 20.8 Å². The van der Waals surface area contributed by atoms with E-state index in [9.17, 15) is 9.18 Å². The lowest BCUT2D eigenvalue weighted by Crippen LogP contribution is -2.36. The summed E-state index contributed by atoms with van der Waals surface area (Å²) in [5.41, 5.74) is 5.15. The molecule has 0 aromatic carbocycles. The Morgan fingerprint density at radius 2 is 2.11 bits per heavy atom. The van der Waals surface area contributed by atoms with Crippen molar-refractivity contribution in [1.29, 1.82) is 0 Å². The van der Waals surface area contributed by atoms with E-state index in [0.29, 0.717) is 25.9 Å². The number of nitrogens with two attached hydrogens (primary N) is 1. The molecule has 2 fully saturated rings. The zero-order valence-electron chi connectivity index (χ0n) is 11.4. The summed E-state index contributed by atoms with van der Waals surface area (Å²) in [6.45, 7) is 6.77. The summed E-state index contributed by atoms with van der Waals surface area (Å²) in [5.74, 6) is 0. The van der Waals surface area contributed by atoms with Crippen molar-refractivity contribution in [2.75, 3.05) is 13.1 Å². The second-order valence-electron chi connectivity index (χ2n) is 6.74. The van der Waals surface area contributed by atoms with Gasteiger partial charge in [0.2, 0.25) is 0 Å². The predicted octanol–water partition coefficient (Wildman–Crippen LogP) is 2.07. The maximum Gasteiger partial charge on any atom is 0.410 e. The lowest BCUT2D eigenvalue weighted by Gasteiger charge is -2.26. The minimum Gasteiger partial charge on any atom is -0.444 e. The van der Waals surface area contributed by atoms with Crippen molar-refractivity contribution in [2.45, 2.75) is 57.8 Å². The number of likely N-dealkylation sites (tertiary alicyclic amines) is 1. The molecule has 1 aliphatic heterocycles. The molecular weight excluding hydrogens is 235 g/mol. The highest BCUT2D eigenvalue weighted by atomic mass is 19.1. The molecule has 1 spiro atoms. The molecule has 18 heavy (non-hydrogen) atoms. The Bertz CT molecular complexity index is 330. The fourth-order valence-electron chi connectivity index (χ4n) is 3.03. The zero-order valence-corrected chi connectivity index (χ0v) is 11.4. The molecule has 104 valence electrons. The lowest BCUT2D eigenvalue weighted by molar-refractivity contribution is 0.0272. The Balaban J connectivity index is 1.95. The standard InChI is InChI=1S/C13H23FN2O2/c1-12(2,3)18-11(17)16-5-4-13(8-16)6-9(14)10(15)7-13/h9-10H,4-8,15H2,1-3H3. The molecule has 3 atom stereocenters. The SMILES string of the molecule is CC(C)(C)OC(=O)N1CCC2(CC(N)C(F)C2)C1. The normalized spacial score (nSPS) is 36.4. The molecule has 2 rings (SSSR count). The third-order valence-corrected chi connectivity index (χ3v) is 3.85. The van der Waals surface area contributed by atoms with Gasteiger partial charge in [-0.2, -0.15) is 0 Å². The summed E-state index contributed by atoms with van der Waals surface area (Å²) in [6.07, 6.45) is 0.764. The van der Waals surface area contributed by atoms with Crippen LogP contribution in [0, 0.1) is 5.41 Å². The molecule has 1 saturated carbocycles. The maximum atomic E-state index is 13.6. The van der Waals surface area contributed by atoms with E-state index < -0.39 is 11.8 Å². The Kier molecular flexibility index (Phi) is 3.30. The van der Waals surface area contributed by atoms with Gasteiger partial charge < -0.3 is 15.4 Å². The van der Waals surface area contributed by atoms with Crippen molar-refractivity contribution >= 4 is 6.09 Å². The van der Waals surface area contributed by atoms with Gasteiger partial charge in [-0.05, 0) is 45.4 Å². The van der Waals surface area contributed by atoms with Crippen molar-refractivity contribution in [2.24, 2.45) is 11.1 Å². The number of carbonyl (C=O) groups excluding carboxylic acids is 1. The van der Waals surface area contributed by atoms with Crippen LogP contribution in [0.1, 0.15) is 40.0 Å². The number of ether oxygens (including phenoxy) is 1. The molecule has 1 aliphatic carbocycles. The summed E-state index contributed by atoms with van der Waals surface area (Å²) in [5, 5.41) is 0. The first kappa shape index (κ1) is 13.6. The number of alkyl halides is 1. The average Bonchev–Trinajstić information content (AvgIpc) is 2.70. The summed E-state index contributed by atoms with van der Waals surface area (Å²) in [6, 6.07) is -0.372. The molecule has 1 amide bonds. The van der Waals surface area contributed by atoms with Crippen LogP contribution in [0.4, 0.5) is 9.18 Å². The van der Waals surface area contributed by atoms with Crippen molar-refractivity contribution < 1.29 is 13.9 Å².